The molecule has 1 aromatic rings. The Morgan fingerprint density at radius 2 is 1.81 bits per heavy atom. The molecule has 0 aromatic heterocycles. The Morgan fingerprint density at radius 1 is 1.15 bits per heavy atom. The minimum Gasteiger partial charge on any atom is -0.456 e. The van der Waals surface area contributed by atoms with Crippen molar-refractivity contribution >= 4 is 21.7 Å². The summed E-state index contributed by atoms with van der Waals surface area (Å²) in [5, 5.41) is 2.89. The summed E-state index contributed by atoms with van der Waals surface area (Å²) in [5.41, 5.74) is 0.960. The molecule has 26 heavy (non-hydrogen) atoms. The Bertz CT molecular complexity index is 727. The van der Waals surface area contributed by atoms with E-state index in [0.717, 1.165) is 24.8 Å². The number of esters is 1. The minimum atomic E-state index is -3.54. The van der Waals surface area contributed by atoms with Crippen molar-refractivity contribution in [2.24, 2.45) is 5.92 Å². The highest BCUT2D eigenvalue weighted by atomic mass is 32.2. The summed E-state index contributed by atoms with van der Waals surface area (Å²) in [6.45, 7) is 3.60. The van der Waals surface area contributed by atoms with E-state index in [-0.39, 0.29) is 35.6 Å². The van der Waals surface area contributed by atoms with Crippen LogP contribution in [0.4, 0.5) is 0 Å². The zero-order chi connectivity index (χ0) is 19.2. The van der Waals surface area contributed by atoms with Crippen LogP contribution in [0.3, 0.4) is 0 Å². The van der Waals surface area contributed by atoms with Gasteiger partial charge in [0, 0.05) is 6.04 Å². The monoisotopic (exact) mass is 381 g/mol. The molecule has 2 rings (SSSR count). The lowest BCUT2D eigenvalue weighted by molar-refractivity contribution is -0.148. The van der Waals surface area contributed by atoms with Crippen molar-refractivity contribution in [3.63, 3.8) is 0 Å². The zero-order valence-electron chi connectivity index (χ0n) is 15.4. The third kappa shape index (κ3) is 6.12. The largest absolute Gasteiger partial charge is 0.456 e. The Hall–Kier alpha value is -1.89. The van der Waals surface area contributed by atoms with Gasteiger partial charge in [-0.3, -0.25) is 9.59 Å². The van der Waals surface area contributed by atoms with E-state index in [4.69, 9.17) is 4.74 Å². The SMILES string of the molecule is Cc1ccc(S(=O)(=O)CCC(=O)OCC(=O)N[C@H]2CCCC[C@@H]2C)cc1. The summed E-state index contributed by atoms with van der Waals surface area (Å²) in [6, 6.07) is 6.59. The van der Waals surface area contributed by atoms with Gasteiger partial charge in [-0.2, -0.15) is 0 Å². The Morgan fingerprint density at radius 3 is 2.46 bits per heavy atom. The normalized spacial score (nSPS) is 20.4. The second-order valence-electron chi connectivity index (χ2n) is 6.98. The summed E-state index contributed by atoms with van der Waals surface area (Å²) in [5.74, 6) is -0.940. The van der Waals surface area contributed by atoms with Gasteiger partial charge in [0.25, 0.3) is 5.91 Å². The fourth-order valence-corrected chi connectivity index (χ4v) is 4.30. The summed E-state index contributed by atoms with van der Waals surface area (Å²) in [4.78, 5) is 23.9. The lowest BCUT2D eigenvalue weighted by Gasteiger charge is -2.29. The maximum absolute atomic E-state index is 12.2. The number of rotatable bonds is 7. The Balaban J connectivity index is 1.74. The lowest BCUT2D eigenvalue weighted by atomic mass is 9.86. The molecule has 0 heterocycles. The smallest absolute Gasteiger partial charge is 0.307 e. The number of benzene rings is 1. The van der Waals surface area contributed by atoms with Gasteiger partial charge in [0.1, 0.15) is 0 Å². The number of hydrogen-bond acceptors (Lipinski definition) is 5. The number of amides is 1. The standard InChI is InChI=1S/C19H27NO5S/c1-14-7-9-16(10-8-14)26(23,24)12-11-19(22)25-13-18(21)20-17-6-4-3-5-15(17)2/h7-10,15,17H,3-6,11-13H2,1-2H3,(H,20,21)/t15-,17-/m0/s1. The van der Waals surface area contributed by atoms with Crippen LogP contribution in [-0.4, -0.2) is 38.7 Å². The number of sulfone groups is 1. The van der Waals surface area contributed by atoms with Gasteiger partial charge < -0.3 is 10.1 Å². The first-order valence-corrected chi connectivity index (χ1v) is 10.7. The van der Waals surface area contributed by atoms with Gasteiger partial charge in [-0.25, -0.2) is 8.42 Å². The molecule has 0 spiro atoms. The molecule has 7 heteroatoms. The van der Waals surface area contributed by atoms with Gasteiger partial charge in [0.2, 0.25) is 0 Å². The first-order chi connectivity index (χ1) is 12.3. The van der Waals surface area contributed by atoms with Crippen molar-refractivity contribution in [2.45, 2.75) is 56.9 Å². The molecule has 1 aliphatic carbocycles. The molecule has 0 radical (unpaired) electrons. The van der Waals surface area contributed by atoms with Gasteiger partial charge in [-0.05, 0) is 37.8 Å². The fourth-order valence-electron chi connectivity index (χ4n) is 3.08. The average molecular weight is 381 g/mol. The van der Waals surface area contributed by atoms with Crippen LogP contribution in [0.15, 0.2) is 29.2 Å². The number of carbonyl (C=O) groups is 2. The van der Waals surface area contributed by atoms with E-state index in [1.165, 1.54) is 18.6 Å². The highest BCUT2D eigenvalue weighted by Crippen LogP contribution is 2.23. The molecule has 0 bridgehead atoms. The first kappa shape index (κ1) is 20.4. The Kier molecular flexibility index (Phi) is 7.20. The number of aryl methyl sites for hydroxylation is 1. The highest BCUT2D eigenvalue weighted by Gasteiger charge is 2.23. The first-order valence-electron chi connectivity index (χ1n) is 9.02. The van der Waals surface area contributed by atoms with Crippen LogP contribution in [-0.2, 0) is 24.2 Å². The van der Waals surface area contributed by atoms with Gasteiger partial charge in [-0.15, -0.1) is 0 Å². The summed E-state index contributed by atoms with van der Waals surface area (Å²) < 4.78 is 29.3. The van der Waals surface area contributed by atoms with Crippen LogP contribution in [0.1, 0.15) is 44.6 Å². The van der Waals surface area contributed by atoms with Crippen LogP contribution < -0.4 is 5.32 Å². The Labute approximate surface area is 155 Å². The van der Waals surface area contributed by atoms with Gasteiger partial charge in [0.15, 0.2) is 16.4 Å². The van der Waals surface area contributed by atoms with E-state index in [1.807, 2.05) is 6.92 Å². The highest BCUT2D eigenvalue weighted by molar-refractivity contribution is 7.91. The summed E-state index contributed by atoms with van der Waals surface area (Å²) >= 11 is 0. The van der Waals surface area contributed by atoms with Crippen molar-refractivity contribution in [1.82, 2.24) is 5.32 Å². The topological polar surface area (TPSA) is 89.5 Å². The third-order valence-corrected chi connectivity index (χ3v) is 6.51. The molecular weight excluding hydrogens is 354 g/mol. The van der Waals surface area contributed by atoms with Crippen molar-refractivity contribution in [3.8, 4) is 0 Å². The van der Waals surface area contributed by atoms with E-state index in [1.54, 1.807) is 12.1 Å². The number of nitrogens with one attached hydrogen (secondary N) is 1. The molecule has 1 fully saturated rings. The number of carbonyl (C=O) groups excluding carboxylic acids is 2. The van der Waals surface area contributed by atoms with E-state index in [0.29, 0.717) is 5.92 Å². The summed E-state index contributed by atoms with van der Waals surface area (Å²) in [6.07, 6.45) is 4.02. The maximum Gasteiger partial charge on any atom is 0.307 e. The molecule has 0 unspecified atom stereocenters. The van der Waals surface area contributed by atoms with Gasteiger partial charge in [-0.1, -0.05) is 37.5 Å². The predicted molar refractivity (Wildman–Crippen MR) is 98.4 cm³/mol. The lowest BCUT2D eigenvalue weighted by Crippen LogP contribution is -2.42. The van der Waals surface area contributed by atoms with Crippen LogP contribution in [0.25, 0.3) is 0 Å². The van der Waals surface area contributed by atoms with Crippen LogP contribution >= 0.6 is 0 Å². The van der Waals surface area contributed by atoms with Crippen LogP contribution in [0.5, 0.6) is 0 Å². The van der Waals surface area contributed by atoms with E-state index in [9.17, 15) is 18.0 Å². The van der Waals surface area contributed by atoms with Gasteiger partial charge >= 0.3 is 5.97 Å². The maximum atomic E-state index is 12.2. The summed E-state index contributed by atoms with van der Waals surface area (Å²) in [7, 11) is -3.54. The molecule has 0 aliphatic heterocycles. The second kappa shape index (κ2) is 9.16. The van der Waals surface area contributed by atoms with Crippen molar-refractivity contribution in [3.05, 3.63) is 29.8 Å². The predicted octanol–water partition coefficient (Wildman–Crippen LogP) is 2.40. The molecule has 144 valence electrons. The van der Waals surface area contributed by atoms with Gasteiger partial charge in [0.05, 0.1) is 17.1 Å². The average Bonchev–Trinajstić information content (AvgIpc) is 2.60. The fraction of sp³-hybridized carbons (Fsp3) is 0.579. The second-order valence-corrected chi connectivity index (χ2v) is 9.09. The van der Waals surface area contributed by atoms with E-state index < -0.39 is 15.8 Å². The molecule has 1 amide bonds. The van der Waals surface area contributed by atoms with Crippen molar-refractivity contribution in [2.75, 3.05) is 12.4 Å². The van der Waals surface area contributed by atoms with Crippen LogP contribution in [0, 0.1) is 12.8 Å². The number of hydrogen-bond donors (Lipinski definition) is 1. The molecule has 1 aromatic carbocycles. The molecule has 2 atom stereocenters. The molecule has 1 saturated carbocycles. The third-order valence-electron chi connectivity index (χ3n) is 4.78. The molecule has 0 saturated heterocycles. The molecule has 1 aliphatic rings. The zero-order valence-corrected chi connectivity index (χ0v) is 16.2. The van der Waals surface area contributed by atoms with Crippen LogP contribution in [0.2, 0.25) is 0 Å². The van der Waals surface area contributed by atoms with E-state index >= 15 is 0 Å². The van der Waals surface area contributed by atoms with Crippen molar-refractivity contribution in [1.29, 1.82) is 0 Å². The minimum absolute atomic E-state index is 0.122. The van der Waals surface area contributed by atoms with Crippen molar-refractivity contribution < 1.29 is 22.7 Å². The quantitative estimate of drug-likeness (QED) is 0.733. The van der Waals surface area contributed by atoms with E-state index in [2.05, 4.69) is 12.2 Å². The number of ether oxygens (including phenoxy) is 1. The molecule has 6 nitrogen and oxygen atoms in total. The molecule has 1 N–H and O–H groups in total. The molecular formula is C19H27NO5S.